The Morgan fingerprint density at radius 3 is 2.89 bits per heavy atom. The van der Waals surface area contributed by atoms with E-state index in [4.69, 9.17) is 10.8 Å². The van der Waals surface area contributed by atoms with E-state index in [1.807, 2.05) is 6.92 Å². The molecule has 2 atom stereocenters. The fourth-order valence-corrected chi connectivity index (χ4v) is 2.99. The highest BCUT2D eigenvalue weighted by atomic mass is 32.1. The van der Waals surface area contributed by atoms with E-state index in [0.717, 1.165) is 0 Å². The van der Waals surface area contributed by atoms with Gasteiger partial charge in [0.15, 0.2) is 5.13 Å². The summed E-state index contributed by atoms with van der Waals surface area (Å²) in [6.45, 7) is 2.39. The third kappa shape index (κ3) is 3.23. The Labute approximate surface area is 115 Å². The van der Waals surface area contributed by atoms with Gasteiger partial charge < -0.3 is 15.7 Å². The van der Waals surface area contributed by atoms with Gasteiger partial charge in [0.1, 0.15) is 0 Å². The van der Waals surface area contributed by atoms with E-state index < -0.39 is 5.97 Å². The standard InChI is InChI=1S/C12H17N3O3S/c1-7-4-8(11(17)18)2-3-15(7)10(16)5-9-6-19-12(13)14-9/h6-8H,2-5H2,1H3,(H2,13,14)(H,17,18). The Morgan fingerprint density at radius 1 is 1.63 bits per heavy atom. The first kappa shape index (κ1) is 13.8. The van der Waals surface area contributed by atoms with Gasteiger partial charge in [-0.1, -0.05) is 0 Å². The average molecular weight is 283 g/mol. The Balaban J connectivity index is 1.95. The molecule has 0 bridgehead atoms. The molecule has 1 aromatic heterocycles. The summed E-state index contributed by atoms with van der Waals surface area (Å²) in [5.74, 6) is -1.12. The van der Waals surface area contributed by atoms with Crippen molar-refractivity contribution in [2.24, 2.45) is 5.92 Å². The van der Waals surface area contributed by atoms with E-state index in [1.54, 1.807) is 10.3 Å². The summed E-state index contributed by atoms with van der Waals surface area (Å²) in [6, 6.07) is -0.0432. The summed E-state index contributed by atoms with van der Waals surface area (Å²) in [4.78, 5) is 28.9. The number of carboxylic acids is 1. The number of nitrogens with zero attached hydrogens (tertiary/aromatic N) is 2. The highest BCUT2D eigenvalue weighted by Crippen LogP contribution is 2.24. The van der Waals surface area contributed by atoms with Crippen LogP contribution in [0.15, 0.2) is 5.38 Å². The average Bonchev–Trinajstić information content (AvgIpc) is 2.74. The lowest BCUT2D eigenvalue weighted by molar-refractivity contribution is -0.147. The second-order valence-corrected chi connectivity index (χ2v) is 5.74. The van der Waals surface area contributed by atoms with Gasteiger partial charge in [-0.25, -0.2) is 4.98 Å². The van der Waals surface area contributed by atoms with Crippen molar-refractivity contribution in [2.45, 2.75) is 32.2 Å². The van der Waals surface area contributed by atoms with Crippen LogP contribution in [0.3, 0.4) is 0 Å². The van der Waals surface area contributed by atoms with Gasteiger partial charge in [-0.3, -0.25) is 9.59 Å². The number of rotatable bonds is 3. The van der Waals surface area contributed by atoms with E-state index in [-0.39, 0.29) is 24.3 Å². The van der Waals surface area contributed by atoms with Crippen LogP contribution in [0.5, 0.6) is 0 Å². The molecule has 1 aliphatic heterocycles. The quantitative estimate of drug-likeness (QED) is 0.862. The summed E-state index contributed by atoms with van der Waals surface area (Å²) in [6.07, 6.45) is 1.26. The third-order valence-corrected chi connectivity index (χ3v) is 4.17. The van der Waals surface area contributed by atoms with Gasteiger partial charge in [-0.05, 0) is 19.8 Å². The largest absolute Gasteiger partial charge is 0.481 e. The van der Waals surface area contributed by atoms with Crippen molar-refractivity contribution in [1.29, 1.82) is 0 Å². The minimum Gasteiger partial charge on any atom is -0.481 e. The zero-order valence-corrected chi connectivity index (χ0v) is 11.5. The molecule has 19 heavy (non-hydrogen) atoms. The fourth-order valence-electron chi connectivity index (χ4n) is 2.43. The normalized spacial score (nSPS) is 23.3. The van der Waals surface area contributed by atoms with Crippen LogP contribution in [-0.4, -0.2) is 39.5 Å². The fraction of sp³-hybridized carbons (Fsp3) is 0.583. The monoisotopic (exact) mass is 283 g/mol. The van der Waals surface area contributed by atoms with E-state index in [0.29, 0.717) is 30.2 Å². The minimum atomic E-state index is -0.772. The van der Waals surface area contributed by atoms with E-state index in [2.05, 4.69) is 4.98 Å². The first-order chi connectivity index (χ1) is 8.97. The molecule has 2 rings (SSSR count). The topological polar surface area (TPSA) is 96.5 Å². The molecule has 1 amide bonds. The zero-order chi connectivity index (χ0) is 14.0. The number of nitrogens with two attached hydrogens (primary N) is 1. The predicted octanol–water partition coefficient (Wildman–Crippen LogP) is 0.979. The molecule has 0 aliphatic carbocycles. The molecule has 2 heterocycles. The van der Waals surface area contributed by atoms with Gasteiger partial charge in [0, 0.05) is 18.0 Å². The molecule has 1 aliphatic rings. The Morgan fingerprint density at radius 2 is 2.37 bits per heavy atom. The van der Waals surface area contributed by atoms with Gasteiger partial charge in [0.05, 0.1) is 18.0 Å². The van der Waals surface area contributed by atoms with Crippen molar-refractivity contribution in [2.75, 3.05) is 12.3 Å². The minimum absolute atomic E-state index is 0.0124. The molecule has 0 aromatic carbocycles. The van der Waals surface area contributed by atoms with E-state index in [1.165, 1.54) is 11.3 Å². The summed E-state index contributed by atoms with van der Waals surface area (Å²) in [7, 11) is 0. The van der Waals surface area contributed by atoms with Gasteiger partial charge in [-0.2, -0.15) is 0 Å². The maximum absolute atomic E-state index is 12.2. The predicted molar refractivity (Wildman–Crippen MR) is 71.8 cm³/mol. The van der Waals surface area contributed by atoms with E-state index in [9.17, 15) is 9.59 Å². The molecule has 6 nitrogen and oxygen atoms in total. The van der Waals surface area contributed by atoms with Crippen molar-refractivity contribution in [3.8, 4) is 0 Å². The van der Waals surface area contributed by atoms with Crippen LogP contribution in [0.25, 0.3) is 0 Å². The Kier molecular flexibility index (Phi) is 4.04. The molecule has 1 aromatic rings. The molecular formula is C12H17N3O3S. The Hall–Kier alpha value is -1.63. The second kappa shape index (κ2) is 5.56. The number of amides is 1. The van der Waals surface area contributed by atoms with Gasteiger partial charge in [-0.15, -0.1) is 11.3 Å². The summed E-state index contributed by atoms with van der Waals surface area (Å²) in [5, 5.41) is 11.2. The molecule has 3 N–H and O–H groups in total. The summed E-state index contributed by atoms with van der Waals surface area (Å²) in [5.41, 5.74) is 6.21. The third-order valence-electron chi connectivity index (χ3n) is 3.45. The smallest absolute Gasteiger partial charge is 0.306 e. The van der Waals surface area contributed by atoms with Crippen LogP contribution in [-0.2, 0) is 16.0 Å². The zero-order valence-electron chi connectivity index (χ0n) is 10.7. The number of carbonyl (C=O) groups excluding carboxylic acids is 1. The van der Waals surface area contributed by atoms with Crippen molar-refractivity contribution in [3.05, 3.63) is 11.1 Å². The number of aromatic nitrogens is 1. The SMILES string of the molecule is CC1CC(C(=O)O)CCN1C(=O)Cc1csc(N)n1. The van der Waals surface area contributed by atoms with Crippen molar-refractivity contribution < 1.29 is 14.7 Å². The maximum Gasteiger partial charge on any atom is 0.306 e. The lowest BCUT2D eigenvalue weighted by atomic mass is 9.91. The van der Waals surface area contributed by atoms with Crippen LogP contribution in [0.1, 0.15) is 25.5 Å². The summed E-state index contributed by atoms with van der Waals surface area (Å²) < 4.78 is 0. The van der Waals surface area contributed by atoms with E-state index >= 15 is 0 Å². The molecule has 1 saturated heterocycles. The van der Waals surface area contributed by atoms with Crippen LogP contribution in [0, 0.1) is 5.92 Å². The number of aliphatic carboxylic acids is 1. The number of hydrogen-bond acceptors (Lipinski definition) is 5. The first-order valence-electron chi connectivity index (χ1n) is 6.19. The maximum atomic E-state index is 12.2. The number of hydrogen-bond donors (Lipinski definition) is 2. The highest BCUT2D eigenvalue weighted by molar-refractivity contribution is 7.13. The first-order valence-corrected chi connectivity index (χ1v) is 7.07. The molecule has 0 spiro atoms. The van der Waals surface area contributed by atoms with Gasteiger partial charge in [0.2, 0.25) is 5.91 Å². The number of anilines is 1. The van der Waals surface area contributed by atoms with Crippen molar-refractivity contribution in [1.82, 2.24) is 9.88 Å². The van der Waals surface area contributed by atoms with Gasteiger partial charge >= 0.3 is 5.97 Å². The van der Waals surface area contributed by atoms with Crippen molar-refractivity contribution in [3.63, 3.8) is 0 Å². The molecule has 7 heteroatoms. The molecule has 104 valence electrons. The lowest BCUT2D eigenvalue weighted by Gasteiger charge is -2.36. The molecule has 0 radical (unpaired) electrons. The number of thiazole rings is 1. The lowest BCUT2D eigenvalue weighted by Crippen LogP contribution is -2.46. The van der Waals surface area contributed by atoms with Crippen LogP contribution in [0.4, 0.5) is 5.13 Å². The molecule has 0 saturated carbocycles. The van der Waals surface area contributed by atoms with Crippen LogP contribution < -0.4 is 5.73 Å². The Bertz CT molecular complexity index is 488. The number of carboxylic acid groups (broad SMARTS) is 1. The molecule has 2 unspecified atom stereocenters. The highest BCUT2D eigenvalue weighted by Gasteiger charge is 2.32. The number of nitrogen functional groups attached to an aromatic ring is 1. The van der Waals surface area contributed by atoms with Crippen LogP contribution >= 0.6 is 11.3 Å². The van der Waals surface area contributed by atoms with Crippen LogP contribution in [0.2, 0.25) is 0 Å². The number of piperidine rings is 1. The van der Waals surface area contributed by atoms with Gasteiger partial charge in [0.25, 0.3) is 0 Å². The molecular weight excluding hydrogens is 266 g/mol. The number of likely N-dealkylation sites (tertiary alicyclic amines) is 1. The van der Waals surface area contributed by atoms with Crippen molar-refractivity contribution >= 4 is 28.3 Å². The second-order valence-electron chi connectivity index (χ2n) is 4.85. The number of carbonyl (C=O) groups is 2. The summed E-state index contributed by atoms with van der Waals surface area (Å²) >= 11 is 1.32. The molecule has 1 fully saturated rings.